The van der Waals surface area contributed by atoms with E-state index in [1.165, 1.54) is 12.8 Å². The maximum atomic E-state index is 5.82. The highest BCUT2D eigenvalue weighted by atomic mass is 16.5. The Kier molecular flexibility index (Phi) is 4.80. The van der Waals surface area contributed by atoms with Crippen molar-refractivity contribution < 1.29 is 4.74 Å². The molecule has 0 N–H and O–H groups in total. The highest BCUT2D eigenvalue weighted by molar-refractivity contribution is 5.70. The lowest BCUT2D eigenvalue weighted by Crippen LogP contribution is -2.24. The van der Waals surface area contributed by atoms with Crippen LogP contribution in [0, 0.1) is 13.8 Å². The first-order valence-corrected chi connectivity index (χ1v) is 9.25. The zero-order chi connectivity index (χ0) is 17.9. The Balaban J connectivity index is 1.58. The van der Waals surface area contributed by atoms with E-state index in [-0.39, 0.29) is 6.10 Å². The Morgan fingerprint density at radius 1 is 1.15 bits per heavy atom. The van der Waals surface area contributed by atoms with Crippen molar-refractivity contribution in [1.29, 1.82) is 0 Å². The molecule has 3 aromatic rings. The van der Waals surface area contributed by atoms with Crippen LogP contribution in [0.4, 0.5) is 0 Å². The van der Waals surface area contributed by atoms with E-state index in [2.05, 4.69) is 40.3 Å². The Hall–Kier alpha value is -2.53. The van der Waals surface area contributed by atoms with Crippen LogP contribution in [0.25, 0.3) is 22.5 Å². The van der Waals surface area contributed by atoms with Crippen molar-refractivity contribution in [2.75, 3.05) is 6.61 Å². The van der Waals surface area contributed by atoms with E-state index < -0.39 is 0 Å². The second-order valence-electron chi connectivity index (χ2n) is 6.94. The summed E-state index contributed by atoms with van der Waals surface area (Å²) in [6, 6.07) is 10.4. The maximum Gasteiger partial charge on any atom is 0.0923 e. The van der Waals surface area contributed by atoms with Gasteiger partial charge in [-0.3, -0.25) is 9.67 Å². The van der Waals surface area contributed by atoms with Crippen LogP contribution in [0.2, 0.25) is 0 Å². The summed E-state index contributed by atoms with van der Waals surface area (Å²) in [5.41, 5.74) is 5.93. The highest BCUT2D eigenvalue weighted by Crippen LogP contribution is 2.26. The van der Waals surface area contributed by atoms with E-state index in [1.807, 2.05) is 24.7 Å². The van der Waals surface area contributed by atoms with E-state index in [1.54, 1.807) is 6.20 Å². The van der Waals surface area contributed by atoms with Gasteiger partial charge in [-0.15, -0.1) is 0 Å². The lowest BCUT2D eigenvalue weighted by molar-refractivity contribution is 0.00403. The van der Waals surface area contributed by atoms with Gasteiger partial charge in [-0.05, 0) is 45.2 Å². The number of ether oxygens (including phenoxy) is 1. The van der Waals surface area contributed by atoms with Gasteiger partial charge in [0.1, 0.15) is 0 Å². The fourth-order valence-corrected chi connectivity index (χ4v) is 3.41. The van der Waals surface area contributed by atoms with Crippen LogP contribution in [0.3, 0.4) is 0 Å². The minimum absolute atomic E-state index is 0.285. The summed E-state index contributed by atoms with van der Waals surface area (Å²) in [6.07, 6.45) is 7.67. The predicted octanol–water partition coefficient (Wildman–Crippen LogP) is 4.19. The van der Waals surface area contributed by atoms with Crippen molar-refractivity contribution >= 4 is 0 Å². The lowest BCUT2D eigenvalue weighted by atomic mass is 10.0. The molecule has 1 aliphatic rings. The SMILES string of the molecule is Cc1cnc(C)c(-c2cccc(-c3ccn(CC4CCCCO4)n3)c2)n1. The molecule has 1 atom stereocenters. The predicted molar refractivity (Wildman–Crippen MR) is 102 cm³/mol. The first kappa shape index (κ1) is 16.9. The fraction of sp³-hybridized carbons (Fsp3) is 0.381. The second-order valence-corrected chi connectivity index (χ2v) is 6.94. The van der Waals surface area contributed by atoms with Crippen molar-refractivity contribution in [1.82, 2.24) is 19.7 Å². The van der Waals surface area contributed by atoms with Gasteiger partial charge in [-0.25, -0.2) is 4.98 Å². The van der Waals surface area contributed by atoms with Crippen LogP contribution >= 0.6 is 0 Å². The topological polar surface area (TPSA) is 52.8 Å². The van der Waals surface area contributed by atoms with Gasteiger partial charge >= 0.3 is 0 Å². The second kappa shape index (κ2) is 7.38. The van der Waals surface area contributed by atoms with E-state index in [0.29, 0.717) is 0 Å². The third kappa shape index (κ3) is 3.68. The minimum atomic E-state index is 0.285. The van der Waals surface area contributed by atoms with Crippen molar-refractivity contribution in [2.24, 2.45) is 0 Å². The number of benzene rings is 1. The summed E-state index contributed by atoms with van der Waals surface area (Å²) in [4.78, 5) is 9.09. The smallest absolute Gasteiger partial charge is 0.0923 e. The van der Waals surface area contributed by atoms with Crippen molar-refractivity contribution in [3.8, 4) is 22.5 Å². The van der Waals surface area contributed by atoms with Crippen LogP contribution in [0.5, 0.6) is 0 Å². The molecule has 4 rings (SSSR count). The summed E-state index contributed by atoms with van der Waals surface area (Å²) in [5, 5.41) is 4.75. The van der Waals surface area contributed by atoms with Crippen molar-refractivity contribution in [3.05, 3.63) is 54.1 Å². The van der Waals surface area contributed by atoms with Gasteiger partial charge in [0.2, 0.25) is 0 Å². The Bertz CT molecular complexity index is 897. The molecule has 1 aliphatic heterocycles. The summed E-state index contributed by atoms with van der Waals surface area (Å²) in [6.45, 7) is 5.65. The summed E-state index contributed by atoms with van der Waals surface area (Å²) in [5.74, 6) is 0. The van der Waals surface area contributed by atoms with E-state index in [9.17, 15) is 0 Å². The third-order valence-corrected chi connectivity index (χ3v) is 4.81. The van der Waals surface area contributed by atoms with Gasteiger partial charge in [0.25, 0.3) is 0 Å². The summed E-state index contributed by atoms with van der Waals surface area (Å²) < 4.78 is 7.82. The molecular formula is C21H24N4O. The normalized spacial score (nSPS) is 17.4. The molecule has 2 aromatic heterocycles. The minimum Gasteiger partial charge on any atom is -0.376 e. The number of aryl methyl sites for hydroxylation is 2. The summed E-state index contributed by atoms with van der Waals surface area (Å²) in [7, 11) is 0. The zero-order valence-corrected chi connectivity index (χ0v) is 15.4. The Morgan fingerprint density at radius 3 is 2.88 bits per heavy atom. The molecule has 0 amide bonds. The van der Waals surface area contributed by atoms with Crippen LogP contribution in [-0.4, -0.2) is 32.5 Å². The molecule has 1 saturated heterocycles. The van der Waals surface area contributed by atoms with Crippen LogP contribution in [0.1, 0.15) is 30.7 Å². The molecule has 1 aromatic carbocycles. The largest absolute Gasteiger partial charge is 0.376 e. The fourth-order valence-electron chi connectivity index (χ4n) is 3.41. The molecule has 0 radical (unpaired) electrons. The highest BCUT2D eigenvalue weighted by Gasteiger charge is 2.15. The molecule has 0 bridgehead atoms. The van der Waals surface area contributed by atoms with Gasteiger partial charge < -0.3 is 4.74 Å². The van der Waals surface area contributed by atoms with Crippen LogP contribution < -0.4 is 0 Å². The van der Waals surface area contributed by atoms with Crippen LogP contribution in [0.15, 0.2) is 42.7 Å². The third-order valence-electron chi connectivity index (χ3n) is 4.81. The molecule has 1 fully saturated rings. The maximum absolute atomic E-state index is 5.82. The number of hydrogen-bond donors (Lipinski definition) is 0. The monoisotopic (exact) mass is 348 g/mol. The molecule has 1 unspecified atom stereocenters. The van der Waals surface area contributed by atoms with E-state index in [4.69, 9.17) is 9.84 Å². The number of hydrogen-bond acceptors (Lipinski definition) is 4. The zero-order valence-electron chi connectivity index (χ0n) is 15.4. The van der Waals surface area contributed by atoms with Crippen molar-refractivity contribution in [3.63, 3.8) is 0 Å². The van der Waals surface area contributed by atoms with Crippen LogP contribution in [-0.2, 0) is 11.3 Å². The quantitative estimate of drug-likeness (QED) is 0.709. The van der Waals surface area contributed by atoms with Gasteiger partial charge in [0.15, 0.2) is 0 Å². The van der Waals surface area contributed by atoms with Crippen molar-refractivity contribution in [2.45, 2.75) is 45.8 Å². The van der Waals surface area contributed by atoms with Gasteiger partial charge in [0, 0.05) is 30.1 Å². The molecule has 0 saturated carbocycles. The lowest BCUT2D eigenvalue weighted by Gasteiger charge is -2.22. The molecule has 134 valence electrons. The first-order chi connectivity index (χ1) is 12.7. The molecular weight excluding hydrogens is 324 g/mol. The molecule has 0 spiro atoms. The Morgan fingerprint density at radius 2 is 2.04 bits per heavy atom. The molecule has 26 heavy (non-hydrogen) atoms. The molecule has 5 heteroatoms. The van der Waals surface area contributed by atoms with E-state index >= 15 is 0 Å². The average Bonchev–Trinajstić information content (AvgIpc) is 3.13. The average molecular weight is 348 g/mol. The number of rotatable bonds is 4. The molecule has 0 aliphatic carbocycles. The first-order valence-electron chi connectivity index (χ1n) is 9.25. The van der Waals surface area contributed by atoms with Gasteiger partial charge in [-0.1, -0.05) is 18.2 Å². The Labute approximate surface area is 154 Å². The molecule has 3 heterocycles. The van der Waals surface area contributed by atoms with E-state index in [0.717, 1.165) is 53.5 Å². The molecule has 5 nitrogen and oxygen atoms in total. The number of aromatic nitrogens is 4. The summed E-state index contributed by atoms with van der Waals surface area (Å²) >= 11 is 0. The number of nitrogens with zero attached hydrogens (tertiary/aromatic N) is 4. The standard InChI is InChI=1S/C21H24N4O/c1-15-13-22-16(2)21(23-15)18-7-5-6-17(12-18)20-9-10-25(24-20)14-19-8-3-4-11-26-19/h5-7,9-10,12-13,19H,3-4,8,11,14H2,1-2H3. The van der Waals surface area contributed by atoms with Gasteiger partial charge in [-0.2, -0.15) is 5.10 Å². The van der Waals surface area contributed by atoms with Gasteiger partial charge in [0.05, 0.1) is 35.4 Å².